The molecular formula is C10H11ClN4O. The number of alkyl halides is 1. The van der Waals surface area contributed by atoms with E-state index in [1.54, 1.807) is 23.0 Å². The van der Waals surface area contributed by atoms with Crippen LogP contribution in [0.5, 0.6) is 0 Å². The fourth-order valence-corrected chi connectivity index (χ4v) is 1.43. The number of hydrogen-bond acceptors (Lipinski definition) is 2. The summed E-state index contributed by atoms with van der Waals surface area (Å²) in [6.45, 7) is 0.447. The summed E-state index contributed by atoms with van der Waals surface area (Å²) in [4.78, 5) is 11.3. The van der Waals surface area contributed by atoms with Gasteiger partial charge in [-0.05, 0) is 18.2 Å². The number of carbonyl (C=O) groups excluding carboxylic acids is 1. The van der Waals surface area contributed by atoms with E-state index in [-0.39, 0.29) is 6.03 Å². The molecule has 0 aliphatic rings. The first kappa shape index (κ1) is 10.8. The highest BCUT2D eigenvalue weighted by Gasteiger charge is 2.01. The summed E-state index contributed by atoms with van der Waals surface area (Å²) in [6.07, 6.45) is 3.49. The van der Waals surface area contributed by atoms with Crippen LogP contribution in [0.3, 0.4) is 0 Å². The van der Waals surface area contributed by atoms with E-state index >= 15 is 0 Å². The van der Waals surface area contributed by atoms with Crippen molar-refractivity contribution in [3.8, 4) is 0 Å². The first-order chi connectivity index (χ1) is 7.79. The molecule has 0 bridgehead atoms. The number of urea groups is 1. The molecular weight excluding hydrogens is 228 g/mol. The highest BCUT2D eigenvalue weighted by atomic mass is 35.5. The lowest BCUT2D eigenvalue weighted by Gasteiger charge is -2.06. The number of nitrogens with one attached hydrogen (secondary N) is 2. The van der Waals surface area contributed by atoms with E-state index in [1.807, 2.05) is 12.1 Å². The van der Waals surface area contributed by atoms with E-state index in [9.17, 15) is 4.79 Å². The van der Waals surface area contributed by atoms with Gasteiger partial charge in [-0.2, -0.15) is 5.10 Å². The third-order valence-electron chi connectivity index (χ3n) is 2.04. The average molecular weight is 239 g/mol. The molecule has 16 heavy (non-hydrogen) atoms. The van der Waals surface area contributed by atoms with Crippen LogP contribution >= 0.6 is 11.6 Å². The number of halogens is 1. The molecule has 0 radical (unpaired) electrons. The van der Waals surface area contributed by atoms with Gasteiger partial charge in [-0.1, -0.05) is 0 Å². The molecule has 0 aromatic carbocycles. The summed E-state index contributed by atoms with van der Waals surface area (Å²) in [5, 5.41) is 9.39. The molecule has 5 nitrogen and oxygen atoms in total. The topological polar surface area (TPSA) is 58.4 Å². The highest BCUT2D eigenvalue weighted by Crippen LogP contribution is 2.10. The van der Waals surface area contributed by atoms with Crippen LogP contribution < -0.4 is 10.6 Å². The molecule has 0 unspecified atom stereocenters. The van der Waals surface area contributed by atoms with Gasteiger partial charge in [0.25, 0.3) is 0 Å². The molecule has 0 spiro atoms. The lowest BCUT2D eigenvalue weighted by molar-refractivity contribution is 0.252. The van der Waals surface area contributed by atoms with Crippen molar-refractivity contribution in [1.82, 2.24) is 14.9 Å². The summed E-state index contributed by atoms with van der Waals surface area (Å²) in [5.74, 6) is 0.398. The zero-order chi connectivity index (χ0) is 11.4. The van der Waals surface area contributed by atoms with E-state index in [2.05, 4.69) is 15.7 Å². The zero-order valence-electron chi connectivity index (χ0n) is 8.48. The van der Waals surface area contributed by atoms with Crippen LogP contribution in [0, 0.1) is 0 Å². The monoisotopic (exact) mass is 238 g/mol. The second kappa shape index (κ2) is 4.85. The Kier molecular flexibility index (Phi) is 3.26. The van der Waals surface area contributed by atoms with Crippen molar-refractivity contribution in [1.29, 1.82) is 0 Å². The van der Waals surface area contributed by atoms with Gasteiger partial charge in [0, 0.05) is 30.5 Å². The van der Waals surface area contributed by atoms with E-state index in [0.29, 0.717) is 12.4 Å². The maximum Gasteiger partial charge on any atom is 0.319 e. The first-order valence-electron chi connectivity index (χ1n) is 4.84. The number of pyridine rings is 1. The number of anilines is 1. The minimum atomic E-state index is -0.260. The quantitative estimate of drug-likeness (QED) is 0.800. The number of rotatable bonds is 3. The molecule has 0 saturated heterocycles. The molecule has 0 aliphatic heterocycles. The van der Waals surface area contributed by atoms with Crippen LogP contribution in [0.1, 0.15) is 0 Å². The minimum absolute atomic E-state index is 0.260. The van der Waals surface area contributed by atoms with Gasteiger partial charge in [0.15, 0.2) is 0 Å². The zero-order valence-corrected chi connectivity index (χ0v) is 9.24. The largest absolute Gasteiger partial charge is 0.337 e. The normalized spacial score (nSPS) is 10.3. The van der Waals surface area contributed by atoms with Crippen molar-refractivity contribution >= 4 is 28.8 Å². The fraction of sp³-hybridized carbons (Fsp3) is 0.200. The maximum absolute atomic E-state index is 11.3. The van der Waals surface area contributed by atoms with Crippen molar-refractivity contribution in [3.63, 3.8) is 0 Å². The minimum Gasteiger partial charge on any atom is -0.337 e. The molecule has 6 heteroatoms. The molecule has 0 atom stereocenters. The molecule has 0 fully saturated rings. The molecule has 0 aliphatic carbocycles. The Morgan fingerprint density at radius 1 is 1.50 bits per heavy atom. The third-order valence-corrected chi connectivity index (χ3v) is 2.23. The Hall–Kier alpha value is -1.75. The average Bonchev–Trinajstić information content (AvgIpc) is 2.73. The van der Waals surface area contributed by atoms with Gasteiger partial charge in [-0.15, -0.1) is 11.6 Å². The number of carbonyl (C=O) groups is 1. The summed E-state index contributed by atoms with van der Waals surface area (Å²) in [7, 11) is 0. The van der Waals surface area contributed by atoms with Gasteiger partial charge in [0.2, 0.25) is 0 Å². The van der Waals surface area contributed by atoms with Crippen molar-refractivity contribution in [2.45, 2.75) is 0 Å². The Morgan fingerprint density at radius 2 is 2.38 bits per heavy atom. The standard InChI is InChI=1S/C10H11ClN4O/c11-3-5-12-10(16)14-8-2-6-15-9(7-8)1-4-13-15/h1-2,4,6-7H,3,5H2,(H2,12,14,16). The summed E-state index contributed by atoms with van der Waals surface area (Å²) in [5.41, 5.74) is 1.65. The maximum atomic E-state index is 11.3. The van der Waals surface area contributed by atoms with E-state index in [1.165, 1.54) is 0 Å². The number of hydrogen-bond donors (Lipinski definition) is 2. The summed E-state index contributed by atoms with van der Waals surface area (Å²) in [6, 6.07) is 5.22. The molecule has 84 valence electrons. The van der Waals surface area contributed by atoms with Crippen LogP contribution in [0.2, 0.25) is 0 Å². The molecule has 2 aromatic heterocycles. The lowest BCUT2D eigenvalue weighted by Crippen LogP contribution is -2.30. The fourth-order valence-electron chi connectivity index (χ4n) is 1.34. The van der Waals surface area contributed by atoms with Gasteiger partial charge < -0.3 is 10.6 Å². The van der Waals surface area contributed by atoms with Crippen LogP contribution in [0.25, 0.3) is 5.52 Å². The highest BCUT2D eigenvalue weighted by molar-refractivity contribution is 6.18. The predicted octanol–water partition coefficient (Wildman–Crippen LogP) is 1.69. The molecule has 2 amide bonds. The van der Waals surface area contributed by atoms with Gasteiger partial charge in [-0.3, -0.25) is 0 Å². The van der Waals surface area contributed by atoms with Crippen molar-refractivity contribution in [2.24, 2.45) is 0 Å². The Labute approximate surface area is 97.4 Å². The van der Waals surface area contributed by atoms with Crippen LogP contribution in [-0.2, 0) is 0 Å². The number of aromatic nitrogens is 2. The Bertz CT molecular complexity index is 496. The van der Waals surface area contributed by atoms with Crippen molar-refractivity contribution in [2.75, 3.05) is 17.7 Å². The van der Waals surface area contributed by atoms with E-state index in [0.717, 1.165) is 11.2 Å². The number of fused-ring (bicyclic) bond motifs is 1. The van der Waals surface area contributed by atoms with Crippen molar-refractivity contribution < 1.29 is 4.79 Å². The van der Waals surface area contributed by atoms with Gasteiger partial charge in [0.1, 0.15) is 0 Å². The Morgan fingerprint density at radius 3 is 3.19 bits per heavy atom. The molecule has 0 saturated carbocycles. The second-order valence-corrected chi connectivity index (χ2v) is 3.56. The van der Waals surface area contributed by atoms with Crippen LogP contribution in [0.4, 0.5) is 10.5 Å². The van der Waals surface area contributed by atoms with Crippen molar-refractivity contribution in [3.05, 3.63) is 30.6 Å². The first-order valence-corrected chi connectivity index (χ1v) is 5.37. The predicted molar refractivity (Wildman–Crippen MR) is 62.9 cm³/mol. The molecule has 2 aromatic rings. The summed E-state index contributed by atoms with van der Waals surface area (Å²) >= 11 is 5.46. The summed E-state index contributed by atoms with van der Waals surface area (Å²) < 4.78 is 1.72. The van der Waals surface area contributed by atoms with Gasteiger partial charge in [0.05, 0.1) is 5.52 Å². The Balaban J connectivity index is 2.06. The van der Waals surface area contributed by atoms with E-state index < -0.39 is 0 Å². The van der Waals surface area contributed by atoms with Crippen LogP contribution in [-0.4, -0.2) is 28.1 Å². The number of amides is 2. The van der Waals surface area contributed by atoms with E-state index in [4.69, 9.17) is 11.6 Å². The molecule has 2 heterocycles. The molecule has 2 N–H and O–H groups in total. The molecule has 2 rings (SSSR count). The van der Waals surface area contributed by atoms with Crippen LogP contribution in [0.15, 0.2) is 30.6 Å². The van der Waals surface area contributed by atoms with Gasteiger partial charge in [-0.25, -0.2) is 9.31 Å². The lowest BCUT2D eigenvalue weighted by atomic mass is 10.3. The van der Waals surface area contributed by atoms with Gasteiger partial charge >= 0.3 is 6.03 Å². The third kappa shape index (κ3) is 2.43. The second-order valence-electron chi connectivity index (χ2n) is 3.19. The smallest absolute Gasteiger partial charge is 0.319 e. The number of nitrogens with zero attached hydrogens (tertiary/aromatic N) is 2. The SMILES string of the molecule is O=C(NCCCl)Nc1ccn2nccc2c1.